The van der Waals surface area contributed by atoms with E-state index in [0.717, 1.165) is 22.0 Å². The van der Waals surface area contributed by atoms with Gasteiger partial charge in [0.2, 0.25) is 0 Å². The van der Waals surface area contributed by atoms with Crippen molar-refractivity contribution >= 4 is 16.8 Å². The van der Waals surface area contributed by atoms with E-state index in [1.54, 1.807) is 17.1 Å². The first kappa shape index (κ1) is 16.0. The summed E-state index contributed by atoms with van der Waals surface area (Å²) in [6.45, 7) is 1.04. The standard InChI is InChI=1S/C20H17N5O/c26-20(19-10-9-15-5-3-4-8-18(15)24-19)22-11-16-6-1-2-7-17(16)12-25-14-21-13-23-25/h1-10,13-14H,11-12H2,(H,22,26). The van der Waals surface area contributed by atoms with Crippen LogP contribution in [0.3, 0.4) is 0 Å². The van der Waals surface area contributed by atoms with Crippen LogP contribution in [-0.2, 0) is 13.1 Å². The fourth-order valence-electron chi connectivity index (χ4n) is 2.83. The molecule has 2 heterocycles. The molecule has 2 aromatic heterocycles. The first-order valence-electron chi connectivity index (χ1n) is 8.33. The molecule has 4 aromatic rings. The zero-order chi connectivity index (χ0) is 17.8. The van der Waals surface area contributed by atoms with Crippen molar-refractivity contribution in [3.63, 3.8) is 0 Å². The van der Waals surface area contributed by atoms with E-state index in [-0.39, 0.29) is 5.91 Å². The molecule has 0 radical (unpaired) electrons. The van der Waals surface area contributed by atoms with Crippen LogP contribution in [0.2, 0.25) is 0 Å². The van der Waals surface area contributed by atoms with Crippen molar-refractivity contribution in [3.8, 4) is 0 Å². The molecule has 0 fully saturated rings. The smallest absolute Gasteiger partial charge is 0.270 e. The quantitative estimate of drug-likeness (QED) is 0.605. The van der Waals surface area contributed by atoms with E-state index in [2.05, 4.69) is 20.4 Å². The van der Waals surface area contributed by atoms with Gasteiger partial charge in [-0.1, -0.05) is 48.5 Å². The van der Waals surface area contributed by atoms with Crippen molar-refractivity contribution in [2.24, 2.45) is 0 Å². The Balaban J connectivity index is 1.48. The molecule has 0 atom stereocenters. The Kier molecular flexibility index (Phi) is 4.38. The number of nitrogens with one attached hydrogen (secondary N) is 1. The van der Waals surface area contributed by atoms with Crippen LogP contribution in [0.1, 0.15) is 21.6 Å². The van der Waals surface area contributed by atoms with Crippen molar-refractivity contribution in [2.75, 3.05) is 0 Å². The maximum Gasteiger partial charge on any atom is 0.270 e. The molecule has 0 unspecified atom stereocenters. The highest BCUT2D eigenvalue weighted by molar-refractivity contribution is 5.94. The maximum absolute atomic E-state index is 12.5. The summed E-state index contributed by atoms with van der Waals surface area (Å²) in [5.74, 6) is -0.189. The molecule has 128 valence electrons. The van der Waals surface area contributed by atoms with Crippen LogP contribution < -0.4 is 5.32 Å². The fraction of sp³-hybridized carbons (Fsp3) is 0.100. The van der Waals surface area contributed by atoms with Crippen molar-refractivity contribution < 1.29 is 4.79 Å². The summed E-state index contributed by atoms with van der Waals surface area (Å²) < 4.78 is 1.76. The zero-order valence-corrected chi connectivity index (χ0v) is 14.0. The monoisotopic (exact) mass is 343 g/mol. The zero-order valence-electron chi connectivity index (χ0n) is 14.0. The minimum absolute atomic E-state index is 0.189. The number of nitrogens with zero attached hydrogens (tertiary/aromatic N) is 4. The van der Waals surface area contributed by atoms with Gasteiger partial charge < -0.3 is 5.32 Å². The van der Waals surface area contributed by atoms with Gasteiger partial charge in [0.25, 0.3) is 5.91 Å². The first-order valence-corrected chi connectivity index (χ1v) is 8.33. The molecular weight excluding hydrogens is 326 g/mol. The van der Waals surface area contributed by atoms with Crippen LogP contribution in [0.25, 0.3) is 10.9 Å². The number of benzene rings is 2. The van der Waals surface area contributed by atoms with Gasteiger partial charge in [-0.15, -0.1) is 0 Å². The number of rotatable bonds is 5. The minimum Gasteiger partial charge on any atom is -0.347 e. The molecule has 0 saturated heterocycles. The molecular formula is C20H17N5O. The Morgan fingerprint density at radius 1 is 0.962 bits per heavy atom. The molecule has 2 aromatic carbocycles. The average molecular weight is 343 g/mol. The Morgan fingerprint density at radius 2 is 1.77 bits per heavy atom. The molecule has 1 amide bonds. The first-order chi connectivity index (χ1) is 12.8. The Morgan fingerprint density at radius 3 is 2.62 bits per heavy atom. The van der Waals surface area contributed by atoms with Crippen LogP contribution in [0.15, 0.2) is 73.3 Å². The number of para-hydroxylation sites is 1. The Bertz CT molecular complexity index is 1040. The van der Waals surface area contributed by atoms with Crippen LogP contribution in [-0.4, -0.2) is 25.7 Å². The van der Waals surface area contributed by atoms with Gasteiger partial charge in [0, 0.05) is 11.9 Å². The van der Waals surface area contributed by atoms with Gasteiger partial charge in [0.1, 0.15) is 18.3 Å². The van der Waals surface area contributed by atoms with Crippen molar-refractivity contribution in [2.45, 2.75) is 13.1 Å². The third kappa shape index (κ3) is 3.44. The summed E-state index contributed by atoms with van der Waals surface area (Å²) in [7, 11) is 0. The maximum atomic E-state index is 12.5. The van der Waals surface area contributed by atoms with Crippen LogP contribution in [0.5, 0.6) is 0 Å². The van der Waals surface area contributed by atoms with Crippen LogP contribution in [0, 0.1) is 0 Å². The molecule has 0 spiro atoms. The van der Waals surface area contributed by atoms with Gasteiger partial charge >= 0.3 is 0 Å². The number of carbonyl (C=O) groups excluding carboxylic acids is 1. The third-order valence-corrected chi connectivity index (χ3v) is 4.19. The van der Waals surface area contributed by atoms with E-state index in [9.17, 15) is 4.79 Å². The van der Waals surface area contributed by atoms with E-state index in [1.807, 2.05) is 54.6 Å². The third-order valence-electron chi connectivity index (χ3n) is 4.19. The summed E-state index contributed by atoms with van der Waals surface area (Å²) in [5.41, 5.74) is 3.35. The van der Waals surface area contributed by atoms with Gasteiger partial charge in [-0.2, -0.15) is 5.10 Å². The number of pyridine rings is 1. The largest absolute Gasteiger partial charge is 0.347 e. The highest BCUT2D eigenvalue weighted by atomic mass is 16.1. The molecule has 0 bridgehead atoms. The molecule has 1 N–H and O–H groups in total. The second-order valence-corrected chi connectivity index (χ2v) is 5.93. The van der Waals surface area contributed by atoms with Crippen molar-refractivity contribution in [3.05, 3.63) is 90.1 Å². The molecule has 26 heavy (non-hydrogen) atoms. The van der Waals surface area contributed by atoms with E-state index < -0.39 is 0 Å². The highest BCUT2D eigenvalue weighted by Gasteiger charge is 2.10. The highest BCUT2D eigenvalue weighted by Crippen LogP contribution is 2.13. The molecule has 0 aliphatic rings. The van der Waals surface area contributed by atoms with Gasteiger partial charge in [-0.3, -0.25) is 4.79 Å². The van der Waals surface area contributed by atoms with Crippen LogP contribution >= 0.6 is 0 Å². The second kappa shape index (κ2) is 7.14. The molecule has 6 heteroatoms. The lowest BCUT2D eigenvalue weighted by Gasteiger charge is -2.11. The predicted molar refractivity (Wildman–Crippen MR) is 98.5 cm³/mol. The fourth-order valence-corrected chi connectivity index (χ4v) is 2.83. The topological polar surface area (TPSA) is 72.7 Å². The minimum atomic E-state index is -0.189. The molecule has 0 aliphatic heterocycles. The number of fused-ring (bicyclic) bond motifs is 1. The van der Waals surface area contributed by atoms with Crippen molar-refractivity contribution in [1.82, 2.24) is 25.1 Å². The summed E-state index contributed by atoms with van der Waals surface area (Å²) in [6.07, 6.45) is 3.18. The van der Waals surface area contributed by atoms with Gasteiger partial charge in [-0.25, -0.2) is 14.6 Å². The number of aromatic nitrogens is 4. The number of carbonyl (C=O) groups is 1. The van der Waals surface area contributed by atoms with E-state index >= 15 is 0 Å². The van der Waals surface area contributed by atoms with Gasteiger partial charge in [-0.05, 0) is 23.3 Å². The van der Waals surface area contributed by atoms with Crippen molar-refractivity contribution in [1.29, 1.82) is 0 Å². The number of amides is 1. The van der Waals surface area contributed by atoms with E-state index in [0.29, 0.717) is 18.8 Å². The molecule has 0 aliphatic carbocycles. The van der Waals surface area contributed by atoms with E-state index in [1.165, 1.54) is 6.33 Å². The SMILES string of the molecule is O=C(NCc1ccccc1Cn1cncn1)c1ccc2ccccc2n1. The summed E-state index contributed by atoms with van der Waals surface area (Å²) in [4.78, 5) is 20.9. The van der Waals surface area contributed by atoms with Crippen LogP contribution in [0.4, 0.5) is 0 Å². The molecule has 4 rings (SSSR count). The average Bonchev–Trinajstić information content (AvgIpc) is 3.20. The molecule has 6 nitrogen and oxygen atoms in total. The summed E-state index contributed by atoms with van der Waals surface area (Å²) >= 11 is 0. The van der Waals surface area contributed by atoms with Gasteiger partial charge in [0.05, 0.1) is 12.1 Å². The summed E-state index contributed by atoms with van der Waals surface area (Å²) in [5, 5.41) is 8.10. The number of hydrogen-bond donors (Lipinski definition) is 1. The normalized spacial score (nSPS) is 10.8. The Hall–Kier alpha value is -3.54. The predicted octanol–water partition coefficient (Wildman–Crippen LogP) is 2.80. The lowest BCUT2D eigenvalue weighted by atomic mass is 10.1. The lowest BCUT2D eigenvalue weighted by molar-refractivity contribution is 0.0946. The lowest BCUT2D eigenvalue weighted by Crippen LogP contribution is -2.24. The Labute approximate surface area is 150 Å². The summed E-state index contributed by atoms with van der Waals surface area (Å²) in [6, 6.07) is 19.4. The number of hydrogen-bond acceptors (Lipinski definition) is 4. The van der Waals surface area contributed by atoms with Gasteiger partial charge in [0.15, 0.2) is 0 Å². The second-order valence-electron chi connectivity index (χ2n) is 5.93. The van der Waals surface area contributed by atoms with E-state index in [4.69, 9.17) is 0 Å². The molecule has 0 saturated carbocycles.